The molecule has 0 bridgehead atoms. The minimum absolute atomic E-state index is 0.107. The van der Waals surface area contributed by atoms with Gasteiger partial charge in [0.25, 0.3) is 0 Å². The molecule has 0 aliphatic heterocycles. The monoisotopic (exact) mass is 222 g/mol. The number of methoxy groups -OCH3 is 1. The molecule has 0 heterocycles. The third-order valence-corrected chi connectivity index (χ3v) is 2.37. The smallest absolute Gasteiger partial charge is 0.227 e. The first-order chi connectivity index (χ1) is 7.44. The number of carbonyl (C=O) groups excluding carboxylic acids is 1. The van der Waals surface area contributed by atoms with Gasteiger partial charge in [0.05, 0.1) is 23.4 Å². The number of benzene rings is 1. The molecule has 1 amide bonds. The molecule has 0 fully saturated rings. The van der Waals surface area contributed by atoms with Crippen LogP contribution in [0.3, 0.4) is 0 Å². The first-order valence-electron chi connectivity index (χ1n) is 5.14. The van der Waals surface area contributed by atoms with Crippen LogP contribution < -0.4 is 11.1 Å². The summed E-state index contributed by atoms with van der Waals surface area (Å²) in [6, 6.07) is 7.17. The molecule has 1 aromatic rings. The van der Waals surface area contributed by atoms with Crippen LogP contribution in [0, 0.1) is 0 Å². The number of hydrogen-bond donors (Lipinski definition) is 2. The van der Waals surface area contributed by atoms with Gasteiger partial charge in [-0.3, -0.25) is 4.79 Å². The minimum atomic E-state index is -0.465. The molecule has 4 nitrogen and oxygen atoms in total. The van der Waals surface area contributed by atoms with Gasteiger partial charge in [-0.25, -0.2) is 0 Å². The van der Waals surface area contributed by atoms with Crippen molar-refractivity contribution in [2.24, 2.45) is 0 Å². The molecule has 0 atom stereocenters. The Bertz CT molecular complexity index is 375. The number of carbonyl (C=O) groups is 1. The molecule has 0 aliphatic rings. The quantitative estimate of drug-likeness (QED) is 0.766. The molecule has 0 aliphatic carbocycles. The van der Waals surface area contributed by atoms with Gasteiger partial charge in [0.2, 0.25) is 5.91 Å². The van der Waals surface area contributed by atoms with E-state index in [0.29, 0.717) is 11.4 Å². The summed E-state index contributed by atoms with van der Waals surface area (Å²) in [6.45, 7) is 3.72. The molecule has 0 saturated heterocycles. The minimum Gasteiger partial charge on any atom is -0.397 e. The third kappa shape index (κ3) is 3.55. The molecule has 16 heavy (non-hydrogen) atoms. The van der Waals surface area contributed by atoms with E-state index >= 15 is 0 Å². The molecule has 0 aromatic heterocycles. The standard InChI is InChI=1S/C12H18N2O2/c1-12(2,16-3)8-11(15)14-10-7-5-4-6-9(10)13/h4-7H,8,13H2,1-3H3,(H,14,15). The largest absolute Gasteiger partial charge is 0.397 e. The number of nitrogens with one attached hydrogen (secondary N) is 1. The van der Waals surface area contributed by atoms with Gasteiger partial charge in [-0.2, -0.15) is 0 Å². The highest BCUT2D eigenvalue weighted by molar-refractivity contribution is 5.94. The number of anilines is 2. The Hall–Kier alpha value is -1.55. The van der Waals surface area contributed by atoms with Crippen molar-refractivity contribution in [3.8, 4) is 0 Å². The lowest BCUT2D eigenvalue weighted by atomic mass is 10.0. The molecule has 4 heteroatoms. The number of hydrogen-bond acceptors (Lipinski definition) is 3. The summed E-state index contributed by atoms with van der Waals surface area (Å²) >= 11 is 0. The molecule has 0 radical (unpaired) electrons. The van der Waals surface area contributed by atoms with Crippen molar-refractivity contribution in [1.29, 1.82) is 0 Å². The predicted molar refractivity (Wildman–Crippen MR) is 65.2 cm³/mol. The number of amides is 1. The summed E-state index contributed by atoms with van der Waals surface area (Å²) in [7, 11) is 1.59. The Labute approximate surface area is 95.8 Å². The van der Waals surface area contributed by atoms with Crippen LogP contribution >= 0.6 is 0 Å². The topological polar surface area (TPSA) is 64.3 Å². The van der Waals surface area contributed by atoms with E-state index < -0.39 is 5.60 Å². The highest BCUT2D eigenvalue weighted by Gasteiger charge is 2.21. The number of rotatable bonds is 4. The van der Waals surface area contributed by atoms with Crippen molar-refractivity contribution in [1.82, 2.24) is 0 Å². The molecule has 3 N–H and O–H groups in total. The van der Waals surface area contributed by atoms with E-state index in [0.717, 1.165) is 0 Å². The van der Waals surface area contributed by atoms with Gasteiger partial charge in [-0.15, -0.1) is 0 Å². The van der Waals surface area contributed by atoms with Crippen molar-refractivity contribution in [2.75, 3.05) is 18.2 Å². The molecular weight excluding hydrogens is 204 g/mol. The van der Waals surface area contributed by atoms with E-state index in [4.69, 9.17) is 10.5 Å². The molecule has 0 spiro atoms. The average Bonchev–Trinajstić information content (AvgIpc) is 2.21. The molecule has 0 saturated carbocycles. The lowest BCUT2D eigenvalue weighted by molar-refractivity contribution is -0.121. The van der Waals surface area contributed by atoms with Gasteiger partial charge >= 0.3 is 0 Å². The SMILES string of the molecule is COC(C)(C)CC(=O)Nc1ccccc1N. The van der Waals surface area contributed by atoms with Crippen molar-refractivity contribution in [3.05, 3.63) is 24.3 Å². The Kier molecular flexibility index (Phi) is 3.90. The van der Waals surface area contributed by atoms with Crippen LogP contribution in [0.15, 0.2) is 24.3 Å². The molecule has 0 unspecified atom stereocenters. The van der Waals surface area contributed by atoms with E-state index in [-0.39, 0.29) is 12.3 Å². The molecule has 1 aromatic carbocycles. The van der Waals surface area contributed by atoms with Crippen LogP contribution in [0.25, 0.3) is 0 Å². The van der Waals surface area contributed by atoms with E-state index in [9.17, 15) is 4.79 Å². The van der Waals surface area contributed by atoms with E-state index in [1.807, 2.05) is 26.0 Å². The van der Waals surface area contributed by atoms with Crippen LogP contribution in [0.5, 0.6) is 0 Å². The second-order valence-electron chi connectivity index (χ2n) is 4.28. The summed E-state index contributed by atoms with van der Waals surface area (Å²) in [4.78, 5) is 11.7. The highest BCUT2D eigenvalue weighted by atomic mass is 16.5. The molecule has 88 valence electrons. The van der Waals surface area contributed by atoms with Crippen LogP contribution in [-0.4, -0.2) is 18.6 Å². The fraction of sp³-hybridized carbons (Fsp3) is 0.417. The predicted octanol–water partition coefficient (Wildman–Crippen LogP) is 2.02. The van der Waals surface area contributed by atoms with Crippen LogP contribution in [0.4, 0.5) is 11.4 Å². The van der Waals surface area contributed by atoms with Crippen LogP contribution in [0.1, 0.15) is 20.3 Å². The lowest BCUT2D eigenvalue weighted by Gasteiger charge is -2.22. The van der Waals surface area contributed by atoms with Crippen molar-refractivity contribution in [2.45, 2.75) is 25.9 Å². The second kappa shape index (κ2) is 4.99. The zero-order valence-corrected chi connectivity index (χ0v) is 9.91. The number of nitrogens with two attached hydrogens (primary N) is 1. The van der Waals surface area contributed by atoms with Gasteiger partial charge in [-0.05, 0) is 26.0 Å². The number of nitrogen functional groups attached to an aromatic ring is 1. The number of para-hydroxylation sites is 2. The van der Waals surface area contributed by atoms with E-state index in [2.05, 4.69) is 5.32 Å². The van der Waals surface area contributed by atoms with Crippen LogP contribution in [0.2, 0.25) is 0 Å². The summed E-state index contributed by atoms with van der Waals surface area (Å²) in [5, 5.41) is 2.76. The van der Waals surface area contributed by atoms with E-state index in [1.165, 1.54) is 0 Å². The highest BCUT2D eigenvalue weighted by Crippen LogP contribution is 2.19. The Morgan fingerprint density at radius 1 is 1.44 bits per heavy atom. The molecular formula is C12H18N2O2. The maximum Gasteiger partial charge on any atom is 0.227 e. The fourth-order valence-corrected chi connectivity index (χ4v) is 1.26. The van der Waals surface area contributed by atoms with Crippen molar-refractivity contribution < 1.29 is 9.53 Å². The first-order valence-corrected chi connectivity index (χ1v) is 5.14. The average molecular weight is 222 g/mol. The molecule has 1 rings (SSSR count). The van der Waals surface area contributed by atoms with E-state index in [1.54, 1.807) is 19.2 Å². The number of ether oxygens (including phenoxy) is 1. The Morgan fingerprint density at radius 3 is 2.62 bits per heavy atom. The van der Waals surface area contributed by atoms with Gasteiger partial charge in [0, 0.05) is 7.11 Å². The third-order valence-electron chi connectivity index (χ3n) is 2.37. The van der Waals surface area contributed by atoms with Gasteiger partial charge in [0.1, 0.15) is 0 Å². The van der Waals surface area contributed by atoms with Crippen molar-refractivity contribution in [3.63, 3.8) is 0 Å². The zero-order chi connectivity index (χ0) is 12.2. The maximum absolute atomic E-state index is 11.7. The first kappa shape index (κ1) is 12.5. The van der Waals surface area contributed by atoms with Gasteiger partial charge in [0.15, 0.2) is 0 Å². The maximum atomic E-state index is 11.7. The summed E-state index contributed by atoms with van der Waals surface area (Å²) < 4.78 is 5.18. The lowest BCUT2D eigenvalue weighted by Crippen LogP contribution is -2.29. The van der Waals surface area contributed by atoms with Gasteiger partial charge in [-0.1, -0.05) is 12.1 Å². The summed E-state index contributed by atoms with van der Waals surface area (Å²) in [6.07, 6.45) is 0.290. The Morgan fingerprint density at radius 2 is 2.06 bits per heavy atom. The Balaban J connectivity index is 2.62. The van der Waals surface area contributed by atoms with Crippen molar-refractivity contribution >= 4 is 17.3 Å². The van der Waals surface area contributed by atoms with Gasteiger partial charge < -0.3 is 15.8 Å². The van der Waals surface area contributed by atoms with Crippen LogP contribution in [-0.2, 0) is 9.53 Å². The summed E-state index contributed by atoms with van der Waals surface area (Å²) in [5.41, 5.74) is 6.45. The fourth-order valence-electron chi connectivity index (χ4n) is 1.26. The zero-order valence-electron chi connectivity index (χ0n) is 9.91. The second-order valence-corrected chi connectivity index (χ2v) is 4.28. The normalized spacial score (nSPS) is 11.2. The summed E-state index contributed by atoms with van der Waals surface area (Å²) in [5.74, 6) is -0.107.